The minimum atomic E-state index is 0.570. The fourth-order valence-corrected chi connectivity index (χ4v) is 2.40. The van der Waals surface area contributed by atoms with Crippen molar-refractivity contribution in [1.29, 1.82) is 0 Å². The average molecular weight is 278 g/mol. The lowest BCUT2D eigenvalue weighted by Gasteiger charge is -2.04. The summed E-state index contributed by atoms with van der Waals surface area (Å²) in [7, 11) is 0. The van der Waals surface area contributed by atoms with Gasteiger partial charge in [-0.3, -0.25) is 0 Å². The number of nitrogens with zero attached hydrogens (tertiary/aromatic N) is 2. The van der Waals surface area contributed by atoms with Crippen LogP contribution in [-0.2, 0) is 0 Å². The molecular weight excluding hydrogens is 266 g/mol. The van der Waals surface area contributed by atoms with Crippen LogP contribution in [0.15, 0.2) is 46.5 Å². The molecule has 1 aliphatic rings. The number of rotatable bonds is 4. The SMILES string of the molecule is Clc1ccc(Sc2ccnc(NC3CC3)n2)cc1. The molecule has 1 N–H and O–H groups in total. The van der Waals surface area contributed by atoms with E-state index < -0.39 is 0 Å². The van der Waals surface area contributed by atoms with Crippen molar-refractivity contribution in [3.05, 3.63) is 41.6 Å². The van der Waals surface area contributed by atoms with Crippen molar-refractivity contribution >= 4 is 29.3 Å². The van der Waals surface area contributed by atoms with E-state index in [4.69, 9.17) is 11.6 Å². The van der Waals surface area contributed by atoms with E-state index in [2.05, 4.69) is 15.3 Å². The Kier molecular flexibility index (Phi) is 3.39. The molecule has 0 spiro atoms. The molecule has 1 aromatic heterocycles. The quantitative estimate of drug-likeness (QED) is 0.862. The number of aromatic nitrogens is 2. The van der Waals surface area contributed by atoms with E-state index in [1.54, 1.807) is 18.0 Å². The van der Waals surface area contributed by atoms with Crippen LogP contribution < -0.4 is 5.32 Å². The summed E-state index contributed by atoms with van der Waals surface area (Å²) in [6, 6.07) is 10.2. The van der Waals surface area contributed by atoms with Crippen molar-refractivity contribution in [3.63, 3.8) is 0 Å². The summed E-state index contributed by atoms with van der Waals surface area (Å²) in [6.07, 6.45) is 4.23. The van der Waals surface area contributed by atoms with Gasteiger partial charge in [-0.15, -0.1) is 0 Å². The predicted octanol–water partition coefficient (Wildman–Crippen LogP) is 3.86. The molecule has 1 saturated carbocycles. The molecule has 0 unspecified atom stereocenters. The van der Waals surface area contributed by atoms with Gasteiger partial charge in [-0.1, -0.05) is 23.4 Å². The summed E-state index contributed by atoms with van der Waals surface area (Å²) in [5, 5.41) is 4.98. The molecular formula is C13H12ClN3S. The molecule has 3 nitrogen and oxygen atoms in total. The molecule has 18 heavy (non-hydrogen) atoms. The Morgan fingerprint density at radius 1 is 1.17 bits per heavy atom. The molecule has 1 fully saturated rings. The summed E-state index contributed by atoms with van der Waals surface area (Å²) in [5.74, 6) is 0.719. The molecule has 0 radical (unpaired) electrons. The van der Waals surface area contributed by atoms with Crippen molar-refractivity contribution in [2.45, 2.75) is 28.8 Å². The maximum Gasteiger partial charge on any atom is 0.223 e. The second-order valence-electron chi connectivity index (χ2n) is 4.19. The molecule has 1 aromatic carbocycles. The molecule has 1 aliphatic carbocycles. The molecule has 2 aromatic rings. The van der Waals surface area contributed by atoms with E-state index in [0.29, 0.717) is 6.04 Å². The predicted molar refractivity (Wildman–Crippen MR) is 74.3 cm³/mol. The molecule has 5 heteroatoms. The first-order chi connectivity index (χ1) is 8.79. The van der Waals surface area contributed by atoms with Gasteiger partial charge < -0.3 is 5.32 Å². The number of benzene rings is 1. The van der Waals surface area contributed by atoms with Crippen LogP contribution in [0.2, 0.25) is 5.02 Å². The van der Waals surface area contributed by atoms with E-state index >= 15 is 0 Å². The maximum absolute atomic E-state index is 5.86. The molecule has 1 heterocycles. The van der Waals surface area contributed by atoms with Gasteiger partial charge in [0.1, 0.15) is 5.03 Å². The normalized spacial score (nSPS) is 14.5. The van der Waals surface area contributed by atoms with Crippen molar-refractivity contribution in [2.75, 3.05) is 5.32 Å². The Morgan fingerprint density at radius 3 is 2.67 bits per heavy atom. The highest BCUT2D eigenvalue weighted by atomic mass is 35.5. The first-order valence-corrected chi connectivity index (χ1v) is 7.02. The van der Waals surface area contributed by atoms with Gasteiger partial charge in [-0.05, 0) is 43.2 Å². The molecule has 0 amide bonds. The average Bonchev–Trinajstić information content (AvgIpc) is 3.17. The van der Waals surface area contributed by atoms with Crippen LogP contribution in [0.25, 0.3) is 0 Å². The minimum absolute atomic E-state index is 0.570. The maximum atomic E-state index is 5.86. The Labute approximate surface area is 115 Å². The van der Waals surface area contributed by atoms with Gasteiger partial charge in [-0.25, -0.2) is 9.97 Å². The summed E-state index contributed by atoms with van der Waals surface area (Å²) >= 11 is 7.47. The highest BCUT2D eigenvalue weighted by molar-refractivity contribution is 7.99. The molecule has 0 saturated heterocycles. The Morgan fingerprint density at radius 2 is 1.94 bits per heavy atom. The third-order valence-electron chi connectivity index (χ3n) is 2.58. The summed E-state index contributed by atoms with van der Waals surface area (Å²) < 4.78 is 0. The number of halogens is 1. The van der Waals surface area contributed by atoms with Crippen molar-refractivity contribution in [3.8, 4) is 0 Å². The van der Waals surface area contributed by atoms with Gasteiger partial charge in [0.15, 0.2) is 0 Å². The lowest BCUT2D eigenvalue weighted by molar-refractivity contribution is 0.996. The number of nitrogens with one attached hydrogen (secondary N) is 1. The number of anilines is 1. The van der Waals surface area contributed by atoms with E-state index in [9.17, 15) is 0 Å². The highest BCUT2D eigenvalue weighted by Crippen LogP contribution is 2.28. The Balaban J connectivity index is 1.73. The molecule has 3 rings (SSSR count). The Hall–Kier alpha value is -1.26. The van der Waals surface area contributed by atoms with Crippen LogP contribution in [0, 0.1) is 0 Å². The first kappa shape index (κ1) is 11.8. The van der Waals surface area contributed by atoms with Crippen LogP contribution in [-0.4, -0.2) is 16.0 Å². The zero-order valence-electron chi connectivity index (χ0n) is 9.64. The van der Waals surface area contributed by atoms with E-state index in [1.165, 1.54) is 12.8 Å². The summed E-state index contributed by atoms with van der Waals surface area (Å²) in [5.41, 5.74) is 0. The lowest BCUT2D eigenvalue weighted by Crippen LogP contribution is -2.05. The van der Waals surface area contributed by atoms with Crippen LogP contribution in [0.1, 0.15) is 12.8 Å². The lowest BCUT2D eigenvalue weighted by atomic mass is 10.4. The number of hydrogen-bond donors (Lipinski definition) is 1. The van der Waals surface area contributed by atoms with Crippen molar-refractivity contribution in [2.24, 2.45) is 0 Å². The largest absolute Gasteiger partial charge is 0.351 e. The molecule has 0 aliphatic heterocycles. The van der Waals surface area contributed by atoms with Crippen LogP contribution in [0.3, 0.4) is 0 Å². The first-order valence-electron chi connectivity index (χ1n) is 5.82. The van der Waals surface area contributed by atoms with E-state index in [-0.39, 0.29) is 0 Å². The van der Waals surface area contributed by atoms with E-state index in [1.807, 2.05) is 30.3 Å². The minimum Gasteiger partial charge on any atom is -0.351 e. The van der Waals surface area contributed by atoms with Gasteiger partial charge >= 0.3 is 0 Å². The van der Waals surface area contributed by atoms with Crippen LogP contribution in [0.4, 0.5) is 5.95 Å². The summed E-state index contributed by atoms with van der Waals surface area (Å²) in [4.78, 5) is 9.82. The van der Waals surface area contributed by atoms with E-state index in [0.717, 1.165) is 20.9 Å². The second kappa shape index (κ2) is 5.16. The third kappa shape index (κ3) is 3.15. The standard InChI is InChI=1S/C13H12ClN3S/c14-9-1-5-11(6-2-9)18-12-7-8-15-13(17-12)16-10-3-4-10/h1-2,5-8,10H,3-4H2,(H,15,16,17). The monoisotopic (exact) mass is 277 g/mol. The van der Waals surface area contributed by atoms with Crippen LogP contribution in [0.5, 0.6) is 0 Å². The van der Waals surface area contributed by atoms with Crippen molar-refractivity contribution in [1.82, 2.24) is 9.97 Å². The highest BCUT2D eigenvalue weighted by Gasteiger charge is 2.21. The van der Waals surface area contributed by atoms with Gasteiger partial charge in [0.25, 0.3) is 0 Å². The van der Waals surface area contributed by atoms with Gasteiger partial charge in [0, 0.05) is 22.2 Å². The van der Waals surface area contributed by atoms with Crippen LogP contribution >= 0.6 is 23.4 Å². The molecule has 0 bridgehead atoms. The van der Waals surface area contributed by atoms with Gasteiger partial charge in [0.05, 0.1) is 0 Å². The smallest absolute Gasteiger partial charge is 0.223 e. The summed E-state index contributed by atoms with van der Waals surface area (Å²) in [6.45, 7) is 0. The van der Waals surface area contributed by atoms with Gasteiger partial charge in [0.2, 0.25) is 5.95 Å². The van der Waals surface area contributed by atoms with Crippen molar-refractivity contribution < 1.29 is 0 Å². The molecule has 92 valence electrons. The number of hydrogen-bond acceptors (Lipinski definition) is 4. The fourth-order valence-electron chi connectivity index (χ4n) is 1.50. The molecule has 0 atom stereocenters. The zero-order chi connectivity index (χ0) is 12.4. The fraction of sp³-hybridized carbons (Fsp3) is 0.231. The second-order valence-corrected chi connectivity index (χ2v) is 5.72. The topological polar surface area (TPSA) is 37.8 Å². The Bertz CT molecular complexity index is 540. The van der Waals surface area contributed by atoms with Gasteiger partial charge in [-0.2, -0.15) is 0 Å². The third-order valence-corrected chi connectivity index (χ3v) is 3.77. The zero-order valence-corrected chi connectivity index (χ0v) is 11.2.